The van der Waals surface area contributed by atoms with Gasteiger partial charge in [-0.05, 0) is 255 Å². The van der Waals surface area contributed by atoms with Crippen molar-refractivity contribution in [1.29, 1.82) is 42.1 Å². The lowest BCUT2D eigenvalue weighted by Gasteiger charge is -2.34. The van der Waals surface area contributed by atoms with Crippen molar-refractivity contribution in [2.75, 3.05) is 13.2 Å². The summed E-state index contributed by atoms with van der Waals surface area (Å²) in [7, 11) is 0. The fourth-order valence-corrected chi connectivity index (χ4v) is 28.9. The Balaban J connectivity index is 0.979. The first-order chi connectivity index (χ1) is 68.5. The maximum atomic E-state index is 15.2. The lowest BCUT2D eigenvalue weighted by molar-refractivity contribution is 0.103. The zero-order chi connectivity index (χ0) is 98.1. The summed E-state index contributed by atoms with van der Waals surface area (Å²) in [5.74, 6) is 0.841. The first kappa shape index (κ1) is 99.6. The molecule has 0 bridgehead atoms. The Morgan fingerprint density at radius 3 is 0.943 bits per heavy atom. The summed E-state index contributed by atoms with van der Waals surface area (Å²) in [6, 6.07) is 69.3. The summed E-state index contributed by atoms with van der Waals surface area (Å²) in [5, 5.41) is 84.1. The molecular formula is C122H112N8O4S6. The number of thiophene rings is 6. The molecule has 16 rings (SSSR count). The number of unbranched alkanes of at least 4 members (excludes halogenated alkanes) is 14. The van der Waals surface area contributed by atoms with Crippen molar-refractivity contribution in [3.63, 3.8) is 0 Å². The van der Waals surface area contributed by atoms with E-state index in [0.717, 1.165) is 242 Å². The Labute approximate surface area is 848 Å². The Bertz CT molecular complexity index is 6720. The summed E-state index contributed by atoms with van der Waals surface area (Å²) in [4.78, 5) is 39.9. The standard InChI is InChI=1S/C122H112N8O4S6/c1-9-17-23-27-31-37-79-41-49-89(50-42-79)121(90-51-43-80(44-52-90)38-32-28-24-18-10-2)101-65-105(115-103(133-75-77(15-7)35-21-13-5)63-93(135-115)61-99-107(87(71-127)72-128)95-57-83(67-123)85(69-125)59-97(95)111(99)131)137-113(101)117-109(121)119-120(139-117)110-118(140-119)114-102(122(110,91-53-45-81(46-54-91)39-33-29-25-19-11-3)92-55-47-82(48-56-92)40-34-30-26-20-12-4)66-106(138-114)116-104(134-76-78(16-8)36-22-14-6)64-94(136-116)62-100-108(88(73-129)74-130)96-58-84(68-124)86(70-126)60-98(96)112(100)132/h9-12,41-66,77-78H,1-4,13-40,75-76H2,5-8H3/b99-61-,100-62-. The van der Waals surface area contributed by atoms with Crippen LogP contribution in [0.3, 0.4) is 0 Å². The zero-order valence-corrected chi connectivity index (χ0v) is 85.1. The highest BCUT2D eigenvalue weighted by Crippen LogP contribution is 2.72. The second-order valence-corrected chi connectivity index (χ2v) is 43.3. The average molecular weight is 1950 g/mol. The van der Waals surface area contributed by atoms with Crippen LogP contribution < -0.4 is 9.47 Å². The highest BCUT2D eigenvalue weighted by Gasteiger charge is 2.56. The number of benzene rings is 6. The number of Topliss-reactive ketones (excluding diaryl/α,β-unsaturated/α-hetero) is 2. The normalized spacial score (nSPS) is 14.1. The molecule has 700 valence electrons. The van der Waals surface area contributed by atoms with Crippen LogP contribution in [0.15, 0.2) is 219 Å². The molecule has 2 atom stereocenters. The molecule has 0 spiro atoms. The fraction of sp³-hybridized carbons (Fsp3) is 0.311. The number of ketones is 2. The number of nitriles is 8. The molecule has 0 radical (unpaired) electrons. The maximum absolute atomic E-state index is 15.2. The van der Waals surface area contributed by atoms with Gasteiger partial charge in [0.2, 0.25) is 0 Å². The lowest BCUT2D eigenvalue weighted by atomic mass is 9.67. The molecule has 2 unspecified atom stereocenters. The smallest absolute Gasteiger partial charge is 0.194 e. The summed E-state index contributed by atoms with van der Waals surface area (Å²) >= 11 is 10.3. The molecular weight excluding hydrogens is 1830 g/mol. The third-order valence-electron chi connectivity index (χ3n) is 28.3. The van der Waals surface area contributed by atoms with Crippen LogP contribution in [0.1, 0.15) is 312 Å². The quantitative estimate of drug-likeness (QED) is 0.0150. The van der Waals surface area contributed by atoms with Gasteiger partial charge in [0.05, 0.1) is 85.0 Å². The van der Waals surface area contributed by atoms with Gasteiger partial charge in [0.25, 0.3) is 0 Å². The third kappa shape index (κ3) is 19.5. The number of carbonyl (C=O) groups is 2. The Morgan fingerprint density at radius 2 is 0.664 bits per heavy atom. The van der Waals surface area contributed by atoms with E-state index in [1.165, 1.54) is 99.5 Å². The number of rotatable bonds is 46. The van der Waals surface area contributed by atoms with Crippen molar-refractivity contribution in [2.45, 2.75) is 218 Å². The first-order valence-electron chi connectivity index (χ1n) is 49.4. The van der Waals surface area contributed by atoms with E-state index in [0.29, 0.717) is 34.5 Å². The molecule has 140 heavy (non-hydrogen) atoms. The van der Waals surface area contributed by atoms with Gasteiger partial charge in [-0.2, -0.15) is 42.1 Å². The predicted molar refractivity (Wildman–Crippen MR) is 576 cm³/mol. The van der Waals surface area contributed by atoms with Crippen LogP contribution in [0.2, 0.25) is 0 Å². The van der Waals surface area contributed by atoms with Gasteiger partial charge in [-0.3, -0.25) is 9.59 Å². The summed E-state index contributed by atoms with van der Waals surface area (Å²) < 4.78 is 16.9. The third-order valence-corrected chi connectivity index (χ3v) is 35.9. The van der Waals surface area contributed by atoms with E-state index >= 15 is 9.59 Å². The molecule has 0 amide bonds. The molecule has 6 aromatic heterocycles. The second kappa shape index (κ2) is 45.7. The van der Waals surface area contributed by atoms with Crippen molar-refractivity contribution < 1.29 is 19.1 Å². The first-order valence-corrected chi connectivity index (χ1v) is 54.3. The van der Waals surface area contributed by atoms with Crippen LogP contribution in [0, 0.1) is 102 Å². The van der Waals surface area contributed by atoms with E-state index < -0.39 is 22.4 Å². The number of allylic oxidation sites excluding steroid dienone is 10. The molecule has 0 saturated carbocycles. The van der Waals surface area contributed by atoms with Gasteiger partial charge in [0, 0.05) is 64.1 Å². The molecule has 0 saturated heterocycles. The van der Waals surface area contributed by atoms with E-state index in [2.05, 4.69) is 212 Å². The predicted octanol–water partition coefficient (Wildman–Crippen LogP) is 33.3. The zero-order valence-electron chi connectivity index (χ0n) is 80.2. The minimum absolute atomic E-state index is 0.0192. The Kier molecular flexibility index (Phi) is 32.5. The van der Waals surface area contributed by atoms with E-state index in [9.17, 15) is 42.1 Å². The Hall–Kier alpha value is -13.4. The van der Waals surface area contributed by atoms with E-state index in [-0.39, 0.29) is 89.8 Å². The van der Waals surface area contributed by atoms with Gasteiger partial charge in [-0.1, -0.05) is 213 Å². The molecule has 6 aromatic carbocycles. The van der Waals surface area contributed by atoms with Crippen molar-refractivity contribution in [1.82, 2.24) is 0 Å². The van der Waals surface area contributed by atoms with E-state index in [1.807, 2.05) is 59.1 Å². The number of hydrogen-bond acceptors (Lipinski definition) is 18. The van der Waals surface area contributed by atoms with Gasteiger partial charge in [-0.15, -0.1) is 94.3 Å². The van der Waals surface area contributed by atoms with Gasteiger partial charge >= 0.3 is 0 Å². The van der Waals surface area contributed by atoms with Crippen LogP contribution in [0.4, 0.5) is 0 Å². The molecule has 0 N–H and O–H groups in total. The number of nitrogens with zero attached hydrogens (tertiary/aromatic N) is 8. The molecule has 0 aliphatic heterocycles. The highest BCUT2D eigenvalue weighted by molar-refractivity contribution is 7.35. The average Bonchev–Trinajstić information content (AvgIpc) is 1.48. The fourth-order valence-electron chi connectivity index (χ4n) is 20.7. The number of aryl methyl sites for hydroxylation is 4. The van der Waals surface area contributed by atoms with Crippen LogP contribution in [-0.2, 0) is 36.5 Å². The molecule has 4 aliphatic rings. The van der Waals surface area contributed by atoms with Crippen molar-refractivity contribution >= 4 is 112 Å². The lowest BCUT2D eigenvalue weighted by Crippen LogP contribution is -2.29. The number of hydrogen-bond donors (Lipinski definition) is 0. The van der Waals surface area contributed by atoms with Crippen LogP contribution in [0.25, 0.3) is 71.7 Å². The summed E-state index contributed by atoms with van der Waals surface area (Å²) in [5.41, 5.74) is 13.1. The molecule has 12 nitrogen and oxygen atoms in total. The monoisotopic (exact) mass is 1940 g/mol. The SMILES string of the molecule is C=CCCCCCc1ccc(C2(c3ccc(CCCCCC=C)cc3)c3cc(-c4sc(/C=C5\C(=O)c6cc(C#N)c(C#N)cc6C5=C(C#N)C#N)cc4OCC(CC)CCCC)sc3-c3sc4c5c(sc4c32)-c2sc(-c3sc(/C=C4\C(=O)c6cc(C#N)c(C#N)cc6C4=C(C#N)C#N)cc3OCC(CC)CCCC)cc2C5(c2ccc(CCCCCC=C)cc2)c2ccc(CCCCCC=C)cc2)cc1. The van der Waals surface area contributed by atoms with E-state index in [1.54, 1.807) is 34.8 Å². The van der Waals surface area contributed by atoms with Crippen molar-refractivity contribution in [2.24, 2.45) is 11.8 Å². The number of ether oxygens (including phenoxy) is 2. The van der Waals surface area contributed by atoms with Crippen LogP contribution in [0.5, 0.6) is 11.5 Å². The number of fused-ring (bicyclic) bond motifs is 11. The van der Waals surface area contributed by atoms with Gasteiger partial charge in [0.1, 0.15) is 71.2 Å². The van der Waals surface area contributed by atoms with Crippen LogP contribution in [-0.4, -0.2) is 24.8 Å². The summed E-state index contributed by atoms with van der Waals surface area (Å²) in [6.07, 6.45) is 39.8. The molecule has 0 fully saturated rings. The topological polar surface area (TPSA) is 243 Å². The number of carbonyl (C=O) groups excluding carboxylic acids is 2. The second-order valence-electron chi connectivity index (χ2n) is 37.0. The molecule has 18 heteroatoms. The molecule has 12 aromatic rings. The highest BCUT2D eigenvalue weighted by atomic mass is 32.1. The van der Waals surface area contributed by atoms with Gasteiger partial charge in [-0.25, -0.2) is 0 Å². The minimum atomic E-state index is -0.961. The molecule has 6 heterocycles. The van der Waals surface area contributed by atoms with E-state index in [4.69, 9.17) is 9.47 Å². The largest absolute Gasteiger partial charge is 0.492 e. The molecule has 4 aliphatic carbocycles. The maximum Gasteiger partial charge on any atom is 0.194 e. The van der Waals surface area contributed by atoms with Crippen molar-refractivity contribution in [3.05, 3.63) is 340 Å². The summed E-state index contributed by atoms with van der Waals surface area (Å²) in [6.45, 7) is 25.9. The van der Waals surface area contributed by atoms with Gasteiger partial charge < -0.3 is 9.47 Å². The minimum Gasteiger partial charge on any atom is -0.492 e. The van der Waals surface area contributed by atoms with Crippen molar-refractivity contribution in [3.8, 4) is 99.1 Å². The van der Waals surface area contributed by atoms with Crippen LogP contribution >= 0.6 is 68.0 Å². The van der Waals surface area contributed by atoms with Gasteiger partial charge in [0.15, 0.2) is 11.6 Å². The Morgan fingerprint density at radius 1 is 0.357 bits per heavy atom.